The van der Waals surface area contributed by atoms with Crippen molar-refractivity contribution in [1.29, 1.82) is 0 Å². The first-order valence-corrected chi connectivity index (χ1v) is 9.46. The fraction of sp³-hybridized carbons (Fsp3) is 0.889. The van der Waals surface area contributed by atoms with E-state index in [0.29, 0.717) is 12.5 Å². The summed E-state index contributed by atoms with van der Waals surface area (Å²) in [6.45, 7) is 5.71. The summed E-state index contributed by atoms with van der Waals surface area (Å²) in [5.41, 5.74) is 0. The maximum Gasteiger partial charge on any atom is 0.222 e. The number of guanidine groups is 1. The van der Waals surface area contributed by atoms with E-state index < -0.39 is 0 Å². The highest BCUT2D eigenvalue weighted by molar-refractivity contribution is 5.80. The second-order valence-electron chi connectivity index (χ2n) is 6.89. The lowest BCUT2D eigenvalue weighted by molar-refractivity contribution is -0.129. The minimum atomic E-state index is 0.247. The van der Waals surface area contributed by atoms with Gasteiger partial charge in [0.15, 0.2) is 5.96 Å². The van der Waals surface area contributed by atoms with Crippen LogP contribution in [0.4, 0.5) is 0 Å². The molecule has 0 aromatic heterocycles. The van der Waals surface area contributed by atoms with Crippen LogP contribution in [0.15, 0.2) is 4.99 Å². The molecule has 1 fully saturated rings. The molecular weight excluding hydrogens is 302 g/mol. The zero-order chi connectivity index (χ0) is 17.8. The topological polar surface area (TPSA) is 60.0 Å². The zero-order valence-corrected chi connectivity index (χ0v) is 16.1. The number of aliphatic imine (C=N–C) groups is 1. The Morgan fingerprint density at radius 1 is 1.21 bits per heavy atom. The predicted molar refractivity (Wildman–Crippen MR) is 101 cm³/mol. The van der Waals surface area contributed by atoms with Crippen LogP contribution in [0.2, 0.25) is 0 Å². The minimum absolute atomic E-state index is 0.247. The monoisotopic (exact) mass is 339 g/mol. The van der Waals surface area contributed by atoms with Gasteiger partial charge in [-0.3, -0.25) is 9.79 Å². The fourth-order valence-electron chi connectivity index (χ4n) is 3.01. The molecule has 0 spiro atoms. The van der Waals surface area contributed by atoms with E-state index in [4.69, 9.17) is 0 Å². The van der Waals surface area contributed by atoms with E-state index in [-0.39, 0.29) is 5.91 Å². The first-order valence-electron chi connectivity index (χ1n) is 9.46. The SMILES string of the molecule is CCC(=O)N1CCC(NC(=NC)NCCCCCCCN(C)C)C1. The van der Waals surface area contributed by atoms with Crippen molar-refractivity contribution in [2.45, 2.75) is 57.9 Å². The second kappa shape index (κ2) is 12.1. The third-order valence-electron chi connectivity index (χ3n) is 4.48. The highest BCUT2D eigenvalue weighted by Gasteiger charge is 2.25. The lowest BCUT2D eigenvalue weighted by atomic mass is 10.1. The Labute approximate surface area is 148 Å². The van der Waals surface area contributed by atoms with Gasteiger partial charge < -0.3 is 20.4 Å². The van der Waals surface area contributed by atoms with Gasteiger partial charge in [-0.2, -0.15) is 0 Å². The number of carbonyl (C=O) groups excluding carboxylic acids is 1. The van der Waals surface area contributed by atoms with Gasteiger partial charge in [-0.05, 0) is 39.9 Å². The van der Waals surface area contributed by atoms with Crippen molar-refractivity contribution in [2.24, 2.45) is 4.99 Å². The van der Waals surface area contributed by atoms with Crippen LogP contribution in [-0.4, -0.2) is 75.0 Å². The van der Waals surface area contributed by atoms with Crippen molar-refractivity contribution < 1.29 is 4.79 Å². The second-order valence-corrected chi connectivity index (χ2v) is 6.89. The lowest BCUT2D eigenvalue weighted by Gasteiger charge is -2.18. The molecule has 24 heavy (non-hydrogen) atoms. The number of hydrogen-bond donors (Lipinski definition) is 2. The van der Waals surface area contributed by atoms with Crippen LogP contribution in [-0.2, 0) is 4.79 Å². The standard InChI is InChI=1S/C18H37N5O/c1-5-17(24)23-14-11-16(15-23)21-18(19-2)20-12-9-7-6-8-10-13-22(3)4/h16H,5-15H2,1-4H3,(H2,19,20,21). The van der Waals surface area contributed by atoms with Gasteiger partial charge in [0.25, 0.3) is 0 Å². The fourth-order valence-corrected chi connectivity index (χ4v) is 3.01. The Kier molecular flexibility index (Phi) is 10.5. The van der Waals surface area contributed by atoms with Crippen molar-refractivity contribution >= 4 is 11.9 Å². The zero-order valence-electron chi connectivity index (χ0n) is 16.1. The van der Waals surface area contributed by atoms with E-state index in [2.05, 4.69) is 34.6 Å². The third kappa shape index (κ3) is 8.52. The molecule has 1 heterocycles. The van der Waals surface area contributed by atoms with E-state index in [9.17, 15) is 4.79 Å². The Morgan fingerprint density at radius 2 is 1.92 bits per heavy atom. The molecule has 1 rings (SSSR count). The number of carbonyl (C=O) groups is 1. The summed E-state index contributed by atoms with van der Waals surface area (Å²) in [7, 11) is 6.06. The molecule has 0 saturated carbocycles. The molecule has 1 aliphatic heterocycles. The molecule has 6 nitrogen and oxygen atoms in total. The highest BCUT2D eigenvalue weighted by atomic mass is 16.2. The maximum atomic E-state index is 11.7. The maximum absolute atomic E-state index is 11.7. The summed E-state index contributed by atoms with van der Waals surface area (Å²) in [4.78, 5) is 20.2. The van der Waals surface area contributed by atoms with Gasteiger partial charge in [-0.25, -0.2) is 0 Å². The first kappa shape index (κ1) is 20.7. The van der Waals surface area contributed by atoms with Crippen molar-refractivity contribution in [3.63, 3.8) is 0 Å². The number of rotatable bonds is 10. The summed E-state index contributed by atoms with van der Waals surface area (Å²) in [5.74, 6) is 1.11. The number of unbranched alkanes of at least 4 members (excludes halogenated alkanes) is 4. The van der Waals surface area contributed by atoms with Gasteiger partial charge in [-0.1, -0.05) is 26.2 Å². The average Bonchev–Trinajstić information content (AvgIpc) is 3.03. The highest BCUT2D eigenvalue weighted by Crippen LogP contribution is 2.10. The smallest absolute Gasteiger partial charge is 0.222 e. The third-order valence-corrected chi connectivity index (χ3v) is 4.48. The van der Waals surface area contributed by atoms with Gasteiger partial charge in [0.2, 0.25) is 5.91 Å². The molecule has 1 saturated heterocycles. The molecule has 1 unspecified atom stereocenters. The van der Waals surface area contributed by atoms with E-state index in [1.165, 1.54) is 38.6 Å². The van der Waals surface area contributed by atoms with Crippen molar-refractivity contribution in [2.75, 3.05) is 47.3 Å². The normalized spacial score (nSPS) is 18.3. The average molecular weight is 340 g/mol. The molecule has 0 bridgehead atoms. The summed E-state index contributed by atoms with van der Waals surface area (Å²) in [6.07, 6.45) is 7.94. The Balaban J connectivity index is 2.08. The molecule has 2 N–H and O–H groups in total. The predicted octanol–water partition coefficient (Wildman–Crippen LogP) is 1.67. The summed E-state index contributed by atoms with van der Waals surface area (Å²) in [6, 6.07) is 0.317. The van der Waals surface area contributed by atoms with Crippen molar-refractivity contribution in [3.8, 4) is 0 Å². The molecule has 0 aromatic rings. The first-order chi connectivity index (χ1) is 11.6. The molecular formula is C18H37N5O. The molecule has 140 valence electrons. The summed E-state index contributed by atoms with van der Waals surface area (Å²) >= 11 is 0. The molecule has 1 atom stereocenters. The van der Waals surface area contributed by atoms with Gasteiger partial charge in [0.05, 0.1) is 0 Å². The molecule has 1 aliphatic rings. The molecule has 6 heteroatoms. The Morgan fingerprint density at radius 3 is 2.58 bits per heavy atom. The van der Waals surface area contributed by atoms with E-state index >= 15 is 0 Å². The van der Waals surface area contributed by atoms with Crippen molar-refractivity contribution in [1.82, 2.24) is 20.4 Å². The van der Waals surface area contributed by atoms with Crippen LogP contribution < -0.4 is 10.6 Å². The van der Waals surface area contributed by atoms with Crippen LogP contribution in [0.3, 0.4) is 0 Å². The van der Waals surface area contributed by atoms with Crippen molar-refractivity contribution in [3.05, 3.63) is 0 Å². The Hall–Kier alpha value is -1.30. The van der Waals surface area contributed by atoms with E-state index in [1.807, 2.05) is 11.8 Å². The van der Waals surface area contributed by atoms with Crippen LogP contribution in [0.5, 0.6) is 0 Å². The van der Waals surface area contributed by atoms with Gasteiger partial charge in [0, 0.05) is 39.1 Å². The van der Waals surface area contributed by atoms with Crippen LogP contribution in [0, 0.1) is 0 Å². The summed E-state index contributed by atoms with van der Waals surface area (Å²) in [5, 5.41) is 6.83. The van der Waals surface area contributed by atoms with Gasteiger partial charge in [-0.15, -0.1) is 0 Å². The largest absolute Gasteiger partial charge is 0.356 e. The van der Waals surface area contributed by atoms with Crippen LogP contribution in [0.25, 0.3) is 0 Å². The van der Waals surface area contributed by atoms with Crippen LogP contribution in [0.1, 0.15) is 51.9 Å². The molecule has 0 radical (unpaired) electrons. The minimum Gasteiger partial charge on any atom is -0.356 e. The van der Waals surface area contributed by atoms with Crippen LogP contribution >= 0.6 is 0 Å². The lowest BCUT2D eigenvalue weighted by Crippen LogP contribution is -2.45. The molecule has 0 aliphatic carbocycles. The molecule has 0 aromatic carbocycles. The van der Waals surface area contributed by atoms with E-state index in [1.54, 1.807) is 7.05 Å². The van der Waals surface area contributed by atoms with E-state index in [0.717, 1.165) is 32.0 Å². The number of likely N-dealkylation sites (tertiary alicyclic amines) is 1. The number of nitrogens with one attached hydrogen (secondary N) is 2. The molecule has 1 amide bonds. The number of amides is 1. The quantitative estimate of drug-likeness (QED) is 0.361. The van der Waals surface area contributed by atoms with Gasteiger partial charge in [0.1, 0.15) is 0 Å². The Bertz CT molecular complexity index is 384. The summed E-state index contributed by atoms with van der Waals surface area (Å²) < 4.78 is 0. The number of hydrogen-bond acceptors (Lipinski definition) is 3. The number of nitrogens with zero attached hydrogens (tertiary/aromatic N) is 3. The van der Waals surface area contributed by atoms with Gasteiger partial charge >= 0.3 is 0 Å².